The van der Waals surface area contributed by atoms with Gasteiger partial charge in [-0.25, -0.2) is 4.98 Å². The van der Waals surface area contributed by atoms with Crippen LogP contribution in [0.15, 0.2) is 29.8 Å². The zero-order valence-electron chi connectivity index (χ0n) is 17.5. The van der Waals surface area contributed by atoms with Crippen LogP contribution in [0.25, 0.3) is 10.0 Å². The second-order valence-corrected chi connectivity index (χ2v) is 9.09. The van der Waals surface area contributed by atoms with E-state index >= 15 is 0 Å². The number of ketones is 1. The maximum atomic E-state index is 12.9. The Morgan fingerprint density at radius 1 is 1.18 bits per heavy atom. The number of amides is 1. The molecule has 9 nitrogen and oxygen atoms in total. The molecule has 1 fully saturated rings. The average molecular weight is 514 g/mol. The molecule has 1 saturated heterocycles. The zero-order chi connectivity index (χ0) is 24.1. The number of thiazole rings is 1. The lowest BCUT2D eigenvalue weighted by molar-refractivity contribution is -0.274. The van der Waals surface area contributed by atoms with E-state index in [0.717, 1.165) is 6.07 Å². The highest BCUT2D eigenvalue weighted by Crippen LogP contribution is 2.32. The third-order valence-electron chi connectivity index (χ3n) is 4.67. The van der Waals surface area contributed by atoms with Gasteiger partial charge in [0.2, 0.25) is 5.91 Å². The number of aromatic nitrogens is 3. The van der Waals surface area contributed by atoms with Crippen molar-refractivity contribution in [1.29, 1.82) is 0 Å². The van der Waals surface area contributed by atoms with Crippen molar-refractivity contribution in [3.8, 4) is 15.8 Å². The first kappa shape index (κ1) is 24.2. The predicted octanol–water partition coefficient (Wildman–Crippen LogP) is 3.26. The van der Waals surface area contributed by atoms with Crippen LogP contribution in [0.1, 0.15) is 15.4 Å². The third-order valence-corrected chi connectivity index (χ3v) is 6.51. The molecule has 0 saturated carbocycles. The first-order valence-electron chi connectivity index (χ1n) is 10.0. The second-order valence-electron chi connectivity index (χ2n) is 7.13. The van der Waals surface area contributed by atoms with E-state index in [2.05, 4.69) is 25.2 Å². The molecule has 3 heterocycles. The molecule has 1 aromatic carbocycles. The summed E-state index contributed by atoms with van der Waals surface area (Å²) in [5.74, 6) is -1.54. The molecule has 0 bridgehead atoms. The monoisotopic (exact) mass is 513 g/mol. The van der Waals surface area contributed by atoms with Gasteiger partial charge in [-0.2, -0.15) is 0 Å². The molecule has 0 radical (unpaired) electrons. The van der Waals surface area contributed by atoms with Crippen LogP contribution >= 0.6 is 22.7 Å². The number of hydrogen-bond acceptors (Lipinski definition) is 10. The van der Waals surface area contributed by atoms with Gasteiger partial charge < -0.3 is 14.8 Å². The summed E-state index contributed by atoms with van der Waals surface area (Å²) in [4.78, 5) is 31.2. The van der Waals surface area contributed by atoms with E-state index in [4.69, 9.17) is 4.74 Å². The number of nitrogens with zero attached hydrogens (tertiary/aromatic N) is 4. The zero-order valence-corrected chi connectivity index (χ0v) is 19.1. The van der Waals surface area contributed by atoms with Crippen LogP contribution in [-0.2, 0) is 16.0 Å². The first-order chi connectivity index (χ1) is 16.3. The summed E-state index contributed by atoms with van der Waals surface area (Å²) in [6.07, 6.45) is -3.44. The van der Waals surface area contributed by atoms with Crippen LogP contribution in [0.2, 0.25) is 0 Å². The van der Waals surface area contributed by atoms with E-state index in [1.54, 1.807) is 11.6 Å². The summed E-state index contributed by atoms with van der Waals surface area (Å²) in [7, 11) is 0. The number of morpholine rings is 1. The molecule has 1 aliphatic heterocycles. The molecule has 4 rings (SSSR count). The number of nitrogens with one attached hydrogen (secondary N) is 1. The predicted molar refractivity (Wildman–Crippen MR) is 118 cm³/mol. The summed E-state index contributed by atoms with van der Waals surface area (Å²) in [6, 6.07) is 3.39. The standard InChI is InChI=1S/C20H18F3N5O4S2/c21-20(22,23)32-15-2-1-12(9-13(15)25-16(30)11-28-4-6-31-7-5-28)14(29)10-17-26-27-19(34-17)18-24-3-8-33-18/h1-3,8-9H,4-7,10-11H2,(H,25,30). The minimum atomic E-state index is -4.96. The van der Waals surface area contributed by atoms with E-state index in [-0.39, 0.29) is 24.2 Å². The normalized spacial score (nSPS) is 14.7. The molecule has 3 aromatic rings. The third kappa shape index (κ3) is 6.56. The molecular weight excluding hydrogens is 495 g/mol. The Balaban J connectivity index is 1.49. The quantitative estimate of drug-likeness (QED) is 0.458. The van der Waals surface area contributed by atoms with E-state index < -0.39 is 23.8 Å². The molecule has 0 unspecified atom stereocenters. The molecule has 0 atom stereocenters. The Hall–Kier alpha value is -2.94. The molecule has 1 aliphatic rings. The van der Waals surface area contributed by atoms with Crippen molar-refractivity contribution in [2.45, 2.75) is 12.8 Å². The maximum Gasteiger partial charge on any atom is 0.573 e. The lowest BCUT2D eigenvalue weighted by Gasteiger charge is -2.26. The number of carbonyl (C=O) groups excluding carboxylic acids is 2. The average Bonchev–Trinajstić information content (AvgIpc) is 3.46. The number of Topliss-reactive ketones (excluding diaryl/α,β-unsaturated/α-hetero) is 1. The van der Waals surface area contributed by atoms with Crippen molar-refractivity contribution >= 4 is 40.1 Å². The summed E-state index contributed by atoms with van der Waals surface area (Å²) in [5, 5.41) is 13.9. The van der Waals surface area contributed by atoms with Gasteiger partial charge in [-0.05, 0) is 18.2 Å². The second kappa shape index (κ2) is 10.5. The highest BCUT2D eigenvalue weighted by Gasteiger charge is 2.32. The Bertz CT molecular complexity index is 1150. The molecule has 1 amide bonds. The fraction of sp³-hybridized carbons (Fsp3) is 0.350. The minimum Gasteiger partial charge on any atom is -0.404 e. The van der Waals surface area contributed by atoms with Gasteiger partial charge >= 0.3 is 6.36 Å². The highest BCUT2D eigenvalue weighted by molar-refractivity contribution is 7.20. The number of alkyl halides is 3. The van der Waals surface area contributed by atoms with Gasteiger partial charge in [-0.3, -0.25) is 14.5 Å². The molecule has 0 spiro atoms. The Morgan fingerprint density at radius 3 is 2.68 bits per heavy atom. The number of halogens is 3. The van der Waals surface area contributed by atoms with Gasteiger partial charge in [0.05, 0.1) is 31.9 Å². The molecule has 1 N–H and O–H groups in total. The SMILES string of the molecule is O=C(CN1CCOCC1)Nc1cc(C(=O)Cc2nnc(-c3nccs3)s2)ccc1OC(F)(F)F. The number of benzene rings is 1. The van der Waals surface area contributed by atoms with Crippen LogP contribution in [-0.4, -0.2) is 71.0 Å². The number of rotatable bonds is 8. The van der Waals surface area contributed by atoms with Crippen molar-refractivity contribution in [3.05, 3.63) is 40.3 Å². The fourth-order valence-electron chi connectivity index (χ4n) is 3.15. The van der Waals surface area contributed by atoms with Crippen LogP contribution in [0, 0.1) is 0 Å². The largest absolute Gasteiger partial charge is 0.573 e. The molecule has 180 valence electrons. The van der Waals surface area contributed by atoms with Crippen LogP contribution < -0.4 is 10.1 Å². The number of ether oxygens (including phenoxy) is 2. The molecule has 2 aromatic heterocycles. The molecule has 0 aliphatic carbocycles. The van der Waals surface area contributed by atoms with Gasteiger partial charge in [0, 0.05) is 30.2 Å². The smallest absolute Gasteiger partial charge is 0.404 e. The van der Waals surface area contributed by atoms with Crippen LogP contribution in [0.4, 0.5) is 18.9 Å². The van der Waals surface area contributed by atoms with E-state index in [9.17, 15) is 22.8 Å². The van der Waals surface area contributed by atoms with Crippen molar-refractivity contribution in [3.63, 3.8) is 0 Å². The Labute approximate surface area is 199 Å². The Morgan fingerprint density at radius 2 is 1.97 bits per heavy atom. The minimum absolute atomic E-state index is 0.0304. The van der Waals surface area contributed by atoms with Crippen molar-refractivity contribution in [1.82, 2.24) is 20.1 Å². The van der Waals surface area contributed by atoms with Crippen molar-refractivity contribution in [2.75, 3.05) is 38.2 Å². The number of carbonyl (C=O) groups is 2. The number of anilines is 1. The van der Waals surface area contributed by atoms with Gasteiger partial charge in [0.25, 0.3) is 0 Å². The first-order valence-corrected chi connectivity index (χ1v) is 11.7. The summed E-state index contributed by atoms with van der Waals surface area (Å²) < 4.78 is 47.8. The summed E-state index contributed by atoms with van der Waals surface area (Å²) >= 11 is 2.59. The van der Waals surface area contributed by atoms with Crippen LogP contribution in [0.3, 0.4) is 0 Å². The Kier molecular flexibility index (Phi) is 7.50. The fourth-order valence-corrected chi connectivity index (χ4v) is 4.66. The van der Waals surface area contributed by atoms with E-state index in [0.29, 0.717) is 41.3 Å². The van der Waals surface area contributed by atoms with Crippen molar-refractivity contribution in [2.24, 2.45) is 0 Å². The van der Waals surface area contributed by atoms with E-state index in [1.165, 1.54) is 34.8 Å². The maximum absolute atomic E-state index is 12.9. The lowest BCUT2D eigenvalue weighted by atomic mass is 10.1. The molecule has 14 heteroatoms. The van der Waals surface area contributed by atoms with Gasteiger partial charge in [0.15, 0.2) is 21.5 Å². The van der Waals surface area contributed by atoms with Gasteiger partial charge in [-0.15, -0.1) is 34.7 Å². The highest BCUT2D eigenvalue weighted by atomic mass is 32.1. The van der Waals surface area contributed by atoms with Gasteiger partial charge in [-0.1, -0.05) is 11.3 Å². The van der Waals surface area contributed by atoms with E-state index in [1.807, 2.05) is 4.90 Å². The summed E-state index contributed by atoms with van der Waals surface area (Å²) in [6.45, 7) is 1.97. The molecular formula is C20H18F3N5O4S2. The van der Waals surface area contributed by atoms with Crippen molar-refractivity contribution < 1.29 is 32.2 Å². The topological polar surface area (TPSA) is 107 Å². The molecule has 34 heavy (non-hydrogen) atoms. The van der Waals surface area contributed by atoms with Crippen LogP contribution in [0.5, 0.6) is 5.75 Å². The number of hydrogen-bond donors (Lipinski definition) is 1. The lowest BCUT2D eigenvalue weighted by Crippen LogP contribution is -2.41. The van der Waals surface area contributed by atoms with Gasteiger partial charge in [0.1, 0.15) is 5.01 Å². The summed E-state index contributed by atoms with van der Waals surface area (Å²) in [5.41, 5.74) is -0.149.